The molecule has 0 saturated heterocycles. The van der Waals surface area contributed by atoms with E-state index in [4.69, 9.17) is 11.6 Å². The molecule has 2 aromatic carbocycles. The monoisotopic (exact) mass is 290 g/mol. The van der Waals surface area contributed by atoms with E-state index in [0.29, 0.717) is 6.54 Å². The quantitative estimate of drug-likeness (QED) is 0.916. The summed E-state index contributed by atoms with van der Waals surface area (Å²) in [5, 5.41) is 3.41. The second-order valence-corrected chi connectivity index (χ2v) is 5.52. The molecule has 0 spiro atoms. The third-order valence-electron chi connectivity index (χ3n) is 3.69. The molecule has 1 aliphatic rings. The van der Waals surface area contributed by atoms with E-state index in [0.717, 1.165) is 18.7 Å². The zero-order chi connectivity index (χ0) is 14.1. The molecule has 0 atom stereocenters. The minimum atomic E-state index is -0.391. The minimum Gasteiger partial charge on any atom is -0.381 e. The van der Waals surface area contributed by atoms with Crippen LogP contribution in [0.3, 0.4) is 0 Å². The van der Waals surface area contributed by atoms with Gasteiger partial charge in [0.05, 0.1) is 5.02 Å². The lowest BCUT2D eigenvalue weighted by Gasteiger charge is -2.13. The van der Waals surface area contributed by atoms with E-state index in [1.54, 1.807) is 12.1 Å². The highest BCUT2D eigenvalue weighted by Crippen LogP contribution is 2.27. The van der Waals surface area contributed by atoms with Gasteiger partial charge < -0.3 is 10.2 Å². The van der Waals surface area contributed by atoms with Crippen LogP contribution in [0.4, 0.5) is 15.8 Å². The maximum Gasteiger partial charge on any atom is 0.141 e. The summed E-state index contributed by atoms with van der Waals surface area (Å²) in [6, 6.07) is 11.2. The van der Waals surface area contributed by atoms with Crippen LogP contribution in [-0.2, 0) is 13.0 Å². The second-order valence-electron chi connectivity index (χ2n) is 5.12. The van der Waals surface area contributed by atoms with E-state index >= 15 is 0 Å². The largest absolute Gasteiger partial charge is 0.381 e. The van der Waals surface area contributed by atoms with E-state index in [-0.39, 0.29) is 5.02 Å². The Kier molecular flexibility index (Phi) is 3.53. The summed E-state index contributed by atoms with van der Waals surface area (Å²) in [5.41, 5.74) is 4.76. The van der Waals surface area contributed by atoms with Crippen LogP contribution in [0.1, 0.15) is 11.1 Å². The Labute approximate surface area is 123 Å². The summed E-state index contributed by atoms with van der Waals surface area (Å²) in [6.45, 7) is 1.79. The van der Waals surface area contributed by atoms with Crippen LogP contribution in [0.15, 0.2) is 36.4 Å². The Bertz CT molecular complexity index is 642. The maximum atomic E-state index is 13.1. The van der Waals surface area contributed by atoms with Crippen molar-refractivity contribution in [3.05, 3.63) is 58.4 Å². The molecule has 1 N–H and O–H groups in total. The van der Waals surface area contributed by atoms with E-state index in [2.05, 4.69) is 35.5 Å². The van der Waals surface area contributed by atoms with Crippen LogP contribution in [0.2, 0.25) is 5.02 Å². The Hall–Kier alpha value is -1.74. The molecule has 0 bridgehead atoms. The summed E-state index contributed by atoms with van der Waals surface area (Å²) in [4.78, 5) is 2.27. The van der Waals surface area contributed by atoms with Gasteiger partial charge in [0.25, 0.3) is 0 Å². The fraction of sp³-hybridized carbons (Fsp3) is 0.250. The molecule has 0 saturated carbocycles. The van der Waals surface area contributed by atoms with Gasteiger partial charge in [-0.3, -0.25) is 0 Å². The highest BCUT2D eigenvalue weighted by molar-refractivity contribution is 6.31. The van der Waals surface area contributed by atoms with Crippen molar-refractivity contribution in [2.45, 2.75) is 13.0 Å². The highest BCUT2D eigenvalue weighted by atomic mass is 35.5. The molecule has 2 aromatic rings. The Balaban J connectivity index is 1.71. The van der Waals surface area contributed by atoms with Gasteiger partial charge in [0, 0.05) is 31.5 Å². The zero-order valence-electron chi connectivity index (χ0n) is 11.3. The average Bonchev–Trinajstić information content (AvgIpc) is 2.81. The van der Waals surface area contributed by atoms with Crippen molar-refractivity contribution in [2.24, 2.45) is 0 Å². The van der Waals surface area contributed by atoms with Gasteiger partial charge in [0.15, 0.2) is 0 Å². The molecule has 0 fully saturated rings. The van der Waals surface area contributed by atoms with Crippen molar-refractivity contribution < 1.29 is 4.39 Å². The predicted molar refractivity (Wildman–Crippen MR) is 82.2 cm³/mol. The number of fused-ring (bicyclic) bond motifs is 1. The molecule has 0 unspecified atom stereocenters. The van der Waals surface area contributed by atoms with Crippen LogP contribution in [0.5, 0.6) is 0 Å². The lowest BCUT2D eigenvalue weighted by Crippen LogP contribution is -2.12. The van der Waals surface area contributed by atoms with Gasteiger partial charge in [-0.1, -0.05) is 23.7 Å². The highest BCUT2D eigenvalue weighted by Gasteiger charge is 2.15. The Morgan fingerprint density at radius 3 is 2.90 bits per heavy atom. The summed E-state index contributed by atoms with van der Waals surface area (Å²) in [5.74, 6) is -0.391. The molecule has 0 radical (unpaired) electrons. The molecule has 0 aliphatic carbocycles. The molecule has 4 heteroatoms. The van der Waals surface area contributed by atoms with E-state index in [1.807, 2.05) is 0 Å². The first kappa shape index (κ1) is 13.3. The Morgan fingerprint density at radius 1 is 1.25 bits per heavy atom. The second kappa shape index (κ2) is 5.33. The number of nitrogens with zero attached hydrogens (tertiary/aromatic N) is 1. The molecule has 20 heavy (non-hydrogen) atoms. The van der Waals surface area contributed by atoms with Crippen LogP contribution in [0, 0.1) is 5.82 Å². The predicted octanol–water partition coefficient (Wildman–Crippen LogP) is 4.08. The summed E-state index contributed by atoms with van der Waals surface area (Å²) >= 11 is 5.77. The summed E-state index contributed by atoms with van der Waals surface area (Å²) < 4.78 is 13.1. The molecule has 3 rings (SSSR count). The van der Waals surface area contributed by atoms with E-state index in [1.165, 1.54) is 22.9 Å². The molecule has 2 nitrogen and oxygen atoms in total. The molecular formula is C16H16ClFN2. The van der Waals surface area contributed by atoms with Crippen molar-refractivity contribution in [3.8, 4) is 0 Å². The van der Waals surface area contributed by atoms with Crippen molar-refractivity contribution in [2.75, 3.05) is 23.8 Å². The van der Waals surface area contributed by atoms with Gasteiger partial charge in [-0.25, -0.2) is 4.39 Å². The van der Waals surface area contributed by atoms with E-state index < -0.39 is 5.82 Å². The molecule has 0 aromatic heterocycles. The van der Waals surface area contributed by atoms with Crippen LogP contribution in [0.25, 0.3) is 0 Å². The standard InChI is InChI=1S/C16H16ClFN2/c1-20-7-6-12-8-11(2-5-16(12)20)10-19-13-3-4-15(18)14(17)9-13/h2-5,8-9,19H,6-7,10H2,1H3. The number of benzene rings is 2. The normalized spacial score (nSPS) is 13.4. The topological polar surface area (TPSA) is 15.3 Å². The van der Waals surface area contributed by atoms with Gasteiger partial charge in [0.2, 0.25) is 0 Å². The van der Waals surface area contributed by atoms with Crippen LogP contribution in [-0.4, -0.2) is 13.6 Å². The van der Waals surface area contributed by atoms with Gasteiger partial charge in [-0.2, -0.15) is 0 Å². The fourth-order valence-corrected chi connectivity index (χ4v) is 2.72. The van der Waals surface area contributed by atoms with Gasteiger partial charge in [0.1, 0.15) is 5.82 Å². The summed E-state index contributed by atoms with van der Waals surface area (Å²) in [7, 11) is 2.12. The lowest BCUT2D eigenvalue weighted by molar-refractivity contribution is 0.628. The molecule has 0 amide bonds. The first-order valence-electron chi connectivity index (χ1n) is 6.65. The number of hydrogen-bond donors (Lipinski definition) is 1. The third-order valence-corrected chi connectivity index (χ3v) is 3.98. The van der Waals surface area contributed by atoms with Crippen molar-refractivity contribution >= 4 is 23.0 Å². The van der Waals surface area contributed by atoms with Crippen LogP contribution < -0.4 is 10.2 Å². The number of hydrogen-bond acceptors (Lipinski definition) is 2. The maximum absolute atomic E-state index is 13.1. The smallest absolute Gasteiger partial charge is 0.141 e. The molecule has 104 valence electrons. The number of anilines is 2. The van der Waals surface area contributed by atoms with E-state index in [9.17, 15) is 4.39 Å². The zero-order valence-corrected chi connectivity index (χ0v) is 12.0. The summed E-state index contributed by atoms with van der Waals surface area (Å²) in [6.07, 6.45) is 1.10. The van der Waals surface area contributed by atoms with Gasteiger partial charge in [-0.05, 0) is 41.8 Å². The van der Waals surface area contributed by atoms with Crippen LogP contribution >= 0.6 is 11.6 Å². The van der Waals surface area contributed by atoms with Crippen molar-refractivity contribution in [1.29, 1.82) is 0 Å². The number of rotatable bonds is 3. The molecule has 1 heterocycles. The number of halogens is 2. The van der Waals surface area contributed by atoms with Gasteiger partial charge in [-0.15, -0.1) is 0 Å². The fourth-order valence-electron chi connectivity index (χ4n) is 2.54. The first-order chi connectivity index (χ1) is 9.63. The molecular weight excluding hydrogens is 275 g/mol. The van der Waals surface area contributed by atoms with Crippen molar-refractivity contribution in [1.82, 2.24) is 0 Å². The minimum absolute atomic E-state index is 0.144. The van der Waals surface area contributed by atoms with Crippen molar-refractivity contribution in [3.63, 3.8) is 0 Å². The Morgan fingerprint density at radius 2 is 2.10 bits per heavy atom. The SMILES string of the molecule is CN1CCc2cc(CNc3ccc(F)c(Cl)c3)ccc21. The average molecular weight is 291 g/mol. The number of likely N-dealkylation sites (N-methyl/N-ethyl adjacent to an activating group) is 1. The molecule has 1 aliphatic heterocycles. The lowest BCUT2D eigenvalue weighted by atomic mass is 10.1. The van der Waals surface area contributed by atoms with Gasteiger partial charge >= 0.3 is 0 Å². The third kappa shape index (κ3) is 2.59. The first-order valence-corrected chi connectivity index (χ1v) is 7.03. The number of nitrogens with one attached hydrogen (secondary N) is 1.